The highest BCUT2D eigenvalue weighted by atomic mass is 35.5. The van der Waals surface area contributed by atoms with Crippen molar-refractivity contribution in [3.63, 3.8) is 0 Å². The van der Waals surface area contributed by atoms with Crippen molar-refractivity contribution in [1.29, 1.82) is 0 Å². The number of hydrogen-bond acceptors (Lipinski definition) is 2. The summed E-state index contributed by atoms with van der Waals surface area (Å²) in [6.07, 6.45) is 2.20. The minimum absolute atomic E-state index is 0.0357. The number of amides is 1. The molecule has 6 heteroatoms. The summed E-state index contributed by atoms with van der Waals surface area (Å²) in [5.41, 5.74) is 1.57. The van der Waals surface area contributed by atoms with Crippen molar-refractivity contribution in [3.8, 4) is 0 Å². The first-order valence-electron chi connectivity index (χ1n) is 7.82. The van der Waals surface area contributed by atoms with E-state index in [2.05, 4.69) is 5.32 Å². The van der Waals surface area contributed by atoms with Gasteiger partial charge in [0.1, 0.15) is 5.82 Å². The minimum atomic E-state index is -0.328. The second-order valence-corrected chi connectivity index (χ2v) is 6.60. The van der Waals surface area contributed by atoms with Crippen LogP contribution in [0.2, 0.25) is 10.0 Å². The lowest BCUT2D eigenvalue weighted by molar-refractivity contribution is -0.115. The van der Waals surface area contributed by atoms with E-state index in [1.165, 1.54) is 6.07 Å². The molecular formula is C18H17Cl2FN2O. The highest BCUT2D eigenvalue weighted by molar-refractivity contribution is 6.36. The second-order valence-electron chi connectivity index (χ2n) is 5.79. The molecular weight excluding hydrogens is 350 g/mol. The summed E-state index contributed by atoms with van der Waals surface area (Å²) in [6.45, 7) is 1.74. The molecule has 1 aliphatic rings. The van der Waals surface area contributed by atoms with Gasteiger partial charge in [0.05, 0.1) is 12.1 Å². The van der Waals surface area contributed by atoms with E-state index in [1.807, 2.05) is 4.90 Å². The van der Waals surface area contributed by atoms with Gasteiger partial charge in [-0.3, -0.25) is 4.79 Å². The van der Waals surface area contributed by atoms with Crippen LogP contribution in [-0.4, -0.2) is 19.0 Å². The van der Waals surface area contributed by atoms with Gasteiger partial charge in [-0.15, -0.1) is 0 Å². The second kappa shape index (κ2) is 7.41. The van der Waals surface area contributed by atoms with Crippen molar-refractivity contribution < 1.29 is 9.18 Å². The molecule has 0 saturated carbocycles. The molecule has 24 heavy (non-hydrogen) atoms. The smallest absolute Gasteiger partial charge is 0.228 e. The van der Waals surface area contributed by atoms with E-state index in [0.29, 0.717) is 27.0 Å². The summed E-state index contributed by atoms with van der Waals surface area (Å²) in [5.74, 6) is -0.621. The van der Waals surface area contributed by atoms with E-state index in [1.54, 1.807) is 30.3 Å². The standard InChI is InChI=1S/C18H17Cl2FN2O/c19-14-4-3-5-15(20)13(14)11-18(24)22-12-6-7-17(16(21)10-12)23-8-1-2-9-23/h3-7,10H,1-2,8-9,11H2,(H,22,24). The molecule has 1 heterocycles. The van der Waals surface area contributed by atoms with Crippen molar-refractivity contribution in [2.45, 2.75) is 19.3 Å². The van der Waals surface area contributed by atoms with Gasteiger partial charge in [0.2, 0.25) is 5.91 Å². The largest absolute Gasteiger partial charge is 0.369 e. The molecule has 1 N–H and O–H groups in total. The van der Waals surface area contributed by atoms with Gasteiger partial charge < -0.3 is 10.2 Å². The Morgan fingerprint density at radius 1 is 1.12 bits per heavy atom. The normalized spacial score (nSPS) is 14.0. The van der Waals surface area contributed by atoms with Crippen LogP contribution in [0.4, 0.5) is 15.8 Å². The first-order valence-corrected chi connectivity index (χ1v) is 8.57. The number of rotatable bonds is 4. The Labute approximate surface area is 150 Å². The van der Waals surface area contributed by atoms with Crippen LogP contribution in [0.3, 0.4) is 0 Å². The topological polar surface area (TPSA) is 32.3 Å². The third-order valence-corrected chi connectivity index (χ3v) is 4.79. The summed E-state index contributed by atoms with van der Waals surface area (Å²) in [4.78, 5) is 14.2. The number of carbonyl (C=O) groups is 1. The molecule has 126 valence electrons. The summed E-state index contributed by atoms with van der Waals surface area (Å²) in [6, 6.07) is 9.85. The fourth-order valence-electron chi connectivity index (χ4n) is 2.87. The van der Waals surface area contributed by atoms with Gasteiger partial charge in [-0.25, -0.2) is 4.39 Å². The summed E-state index contributed by atoms with van der Waals surface area (Å²) < 4.78 is 14.3. The van der Waals surface area contributed by atoms with Crippen LogP contribution in [0.1, 0.15) is 18.4 Å². The Morgan fingerprint density at radius 3 is 2.42 bits per heavy atom. The number of nitrogens with one attached hydrogen (secondary N) is 1. The monoisotopic (exact) mass is 366 g/mol. The van der Waals surface area contributed by atoms with Crippen LogP contribution in [-0.2, 0) is 11.2 Å². The summed E-state index contributed by atoms with van der Waals surface area (Å²) >= 11 is 12.1. The van der Waals surface area contributed by atoms with Gasteiger partial charge in [-0.1, -0.05) is 29.3 Å². The van der Waals surface area contributed by atoms with Crippen molar-refractivity contribution in [1.82, 2.24) is 0 Å². The number of hydrogen-bond donors (Lipinski definition) is 1. The number of halogens is 3. The van der Waals surface area contributed by atoms with Crippen LogP contribution in [0.5, 0.6) is 0 Å². The van der Waals surface area contributed by atoms with Gasteiger partial charge in [-0.2, -0.15) is 0 Å². The first kappa shape index (κ1) is 17.1. The molecule has 3 rings (SSSR count). The van der Waals surface area contributed by atoms with Crippen LogP contribution in [0.25, 0.3) is 0 Å². The van der Waals surface area contributed by atoms with Gasteiger partial charge >= 0.3 is 0 Å². The van der Waals surface area contributed by atoms with Crippen molar-refractivity contribution in [3.05, 3.63) is 57.8 Å². The molecule has 1 saturated heterocycles. The average Bonchev–Trinajstić information content (AvgIpc) is 3.05. The van der Waals surface area contributed by atoms with E-state index in [4.69, 9.17) is 23.2 Å². The molecule has 0 spiro atoms. The number of anilines is 2. The molecule has 1 aliphatic heterocycles. The predicted octanol–water partition coefficient (Wildman–Crippen LogP) is 4.91. The number of carbonyl (C=O) groups excluding carboxylic acids is 1. The first-order chi connectivity index (χ1) is 11.5. The van der Waals surface area contributed by atoms with Gasteiger partial charge in [0.15, 0.2) is 0 Å². The van der Waals surface area contributed by atoms with Crippen LogP contribution < -0.4 is 10.2 Å². The molecule has 0 atom stereocenters. The third kappa shape index (κ3) is 3.82. The molecule has 0 aromatic heterocycles. The van der Waals surface area contributed by atoms with Crippen LogP contribution in [0, 0.1) is 5.82 Å². The molecule has 0 unspecified atom stereocenters. The lowest BCUT2D eigenvalue weighted by atomic mass is 10.1. The van der Waals surface area contributed by atoms with Gasteiger partial charge in [-0.05, 0) is 48.7 Å². The van der Waals surface area contributed by atoms with Crippen molar-refractivity contribution >= 4 is 40.5 Å². The molecule has 2 aromatic carbocycles. The maximum atomic E-state index is 14.3. The van der Waals surface area contributed by atoms with Gasteiger partial charge in [0.25, 0.3) is 0 Å². The molecule has 2 aromatic rings. The Morgan fingerprint density at radius 2 is 1.79 bits per heavy atom. The quantitative estimate of drug-likeness (QED) is 0.833. The molecule has 3 nitrogen and oxygen atoms in total. The fourth-order valence-corrected chi connectivity index (χ4v) is 3.40. The van der Waals surface area contributed by atoms with Crippen molar-refractivity contribution in [2.24, 2.45) is 0 Å². The summed E-state index contributed by atoms with van der Waals surface area (Å²) in [5, 5.41) is 3.57. The fraction of sp³-hybridized carbons (Fsp3) is 0.278. The van der Waals surface area contributed by atoms with E-state index < -0.39 is 0 Å². The van der Waals surface area contributed by atoms with Crippen LogP contribution >= 0.6 is 23.2 Å². The SMILES string of the molecule is O=C(Cc1c(Cl)cccc1Cl)Nc1ccc(N2CCCC2)c(F)c1. The Balaban J connectivity index is 1.69. The third-order valence-electron chi connectivity index (χ3n) is 4.08. The Bertz CT molecular complexity index is 740. The average molecular weight is 367 g/mol. The molecule has 1 fully saturated rings. The number of nitrogens with zero attached hydrogens (tertiary/aromatic N) is 1. The Hall–Kier alpha value is -1.78. The number of benzene rings is 2. The highest BCUT2D eigenvalue weighted by Gasteiger charge is 2.17. The van der Waals surface area contributed by atoms with Crippen LogP contribution in [0.15, 0.2) is 36.4 Å². The van der Waals surface area contributed by atoms with E-state index in [-0.39, 0.29) is 18.1 Å². The maximum absolute atomic E-state index is 14.3. The van der Waals surface area contributed by atoms with E-state index in [9.17, 15) is 9.18 Å². The lowest BCUT2D eigenvalue weighted by Gasteiger charge is -2.19. The zero-order valence-corrected chi connectivity index (χ0v) is 14.5. The van der Waals surface area contributed by atoms with E-state index in [0.717, 1.165) is 25.9 Å². The zero-order valence-electron chi connectivity index (χ0n) is 13.0. The van der Waals surface area contributed by atoms with Gasteiger partial charge in [0, 0.05) is 28.8 Å². The molecule has 0 bridgehead atoms. The zero-order chi connectivity index (χ0) is 17.1. The summed E-state index contributed by atoms with van der Waals surface area (Å²) in [7, 11) is 0. The van der Waals surface area contributed by atoms with E-state index >= 15 is 0 Å². The molecule has 0 radical (unpaired) electrons. The molecule has 1 amide bonds. The van der Waals surface area contributed by atoms with Crippen molar-refractivity contribution in [2.75, 3.05) is 23.3 Å². The minimum Gasteiger partial charge on any atom is -0.369 e. The Kier molecular flexibility index (Phi) is 5.27. The predicted molar refractivity (Wildman–Crippen MR) is 96.6 cm³/mol. The lowest BCUT2D eigenvalue weighted by Crippen LogP contribution is -2.19. The maximum Gasteiger partial charge on any atom is 0.228 e. The highest BCUT2D eigenvalue weighted by Crippen LogP contribution is 2.27. The molecule has 0 aliphatic carbocycles.